The van der Waals surface area contributed by atoms with Gasteiger partial charge in [-0.1, -0.05) is 48.5 Å². The number of aromatic nitrogens is 1. The third-order valence-corrected chi connectivity index (χ3v) is 4.65. The molecule has 0 radical (unpaired) electrons. The number of para-hydroxylation sites is 1. The van der Waals surface area contributed by atoms with Gasteiger partial charge in [-0.25, -0.2) is 0 Å². The van der Waals surface area contributed by atoms with Crippen LogP contribution in [-0.4, -0.2) is 10.3 Å². The minimum absolute atomic E-state index is 0.562. The third kappa shape index (κ3) is 2.07. The Labute approximate surface area is 132 Å². The van der Waals surface area contributed by atoms with Crippen LogP contribution in [0.3, 0.4) is 0 Å². The van der Waals surface area contributed by atoms with Crippen molar-refractivity contribution in [3.63, 3.8) is 0 Å². The fourth-order valence-electron chi connectivity index (χ4n) is 2.73. The van der Waals surface area contributed by atoms with Gasteiger partial charge in [-0.05, 0) is 23.6 Å². The standard InChI is InChI=1S/C19H14N2S/c20-19(14-7-2-1-3-8-14)16-13-21(18-11-6-12-22-18)17-10-5-4-9-15(16)17/h1-13,20H. The average molecular weight is 302 g/mol. The van der Waals surface area contributed by atoms with Gasteiger partial charge in [-0.3, -0.25) is 5.41 Å². The maximum atomic E-state index is 8.58. The zero-order valence-electron chi connectivity index (χ0n) is 11.9. The van der Waals surface area contributed by atoms with Crippen molar-refractivity contribution in [1.29, 1.82) is 5.41 Å². The van der Waals surface area contributed by atoms with Crippen molar-refractivity contribution >= 4 is 28.0 Å². The van der Waals surface area contributed by atoms with E-state index in [-0.39, 0.29) is 0 Å². The molecule has 0 saturated carbocycles. The molecule has 0 saturated heterocycles. The predicted octanol–water partition coefficient (Wildman–Crippen LogP) is 5.11. The van der Waals surface area contributed by atoms with Gasteiger partial charge in [0.1, 0.15) is 0 Å². The quantitative estimate of drug-likeness (QED) is 0.510. The Morgan fingerprint density at radius 1 is 0.864 bits per heavy atom. The number of rotatable bonds is 3. The molecular weight excluding hydrogens is 288 g/mol. The van der Waals surface area contributed by atoms with E-state index in [1.807, 2.05) is 42.5 Å². The molecule has 0 aliphatic heterocycles. The second kappa shape index (κ2) is 5.28. The number of hydrogen-bond acceptors (Lipinski definition) is 2. The largest absolute Gasteiger partial charge is 0.307 e. The number of benzene rings is 2. The summed E-state index contributed by atoms with van der Waals surface area (Å²) in [7, 11) is 0. The molecule has 0 bridgehead atoms. The lowest BCUT2D eigenvalue weighted by Crippen LogP contribution is -2.00. The third-order valence-electron chi connectivity index (χ3n) is 3.79. The average Bonchev–Trinajstić information content (AvgIpc) is 3.22. The Bertz CT molecular complexity index is 934. The molecule has 22 heavy (non-hydrogen) atoms. The number of thiophene rings is 1. The molecule has 0 fully saturated rings. The SMILES string of the molecule is N=C(c1ccccc1)c1cn(-c2cccs2)c2ccccc12. The van der Waals surface area contributed by atoms with Crippen LogP contribution in [0.15, 0.2) is 78.3 Å². The van der Waals surface area contributed by atoms with Gasteiger partial charge in [0.25, 0.3) is 0 Å². The van der Waals surface area contributed by atoms with Crippen molar-refractivity contribution in [1.82, 2.24) is 4.57 Å². The summed E-state index contributed by atoms with van der Waals surface area (Å²) in [6.45, 7) is 0. The molecule has 0 spiro atoms. The molecule has 0 atom stereocenters. The van der Waals surface area contributed by atoms with E-state index in [9.17, 15) is 0 Å². The molecule has 4 rings (SSSR count). The Morgan fingerprint density at radius 3 is 2.41 bits per heavy atom. The molecule has 1 N–H and O–H groups in total. The summed E-state index contributed by atoms with van der Waals surface area (Å²) in [6, 6.07) is 22.3. The lowest BCUT2D eigenvalue weighted by molar-refractivity contribution is 1.16. The van der Waals surface area contributed by atoms with Crippen LogP contribution in [0, 0.1) is 5.41 Å². The maximum Gasteiger partial charge on any atom is 0.0994 e. The first-order valence-corrected chi connectivity index (χ1v) is 8.01. The van der Waals surface area contributed by atoms with E-state index in [4.69, 9.17) is 5.41 Å². The fraction of sp³-hybridized carbons (Fsp3) is 0. The fourth-order valence-corrected chi connectivity index (χ4v) is 3.45. The zero-order valence-corrected chi connectivity index (χ0v) is 12.7. The summed E-state index contributed by atoms with van der Waals surface area (Å²) in [5.41, 5.74) is 3.61. The maximum absolute atomic E-state index is 8.58. The van der Waals surface area contributed by atoms with Gasteiger partial charge in [0.2, 0.25) is 0 Å². The van der Waals surface area contributed by atoms with Gasteiger partial charge in [-0.2, -0.15) is 0 Å². The Morgan fingerprint density at radius 2 is 1.64 bits per heavy atom. The molecular formula is C19H14N2S. The summed E-state index contributed by atoms with van der Waals surface area (Å²) in [6.07, 6.45) is 2.08. The summed E-state index contributed by atoms with van der Waals surface area (Å²) in [4.78, 5) is 0. The topological polar surface area (TPSA) is 28.8 Å². The van der Waals surface area contributed by atoms with E-state index in [0.717, 1.165) is 22.0 Å². The number of hydrogen-bond donors (Lipinski definition) is 1. The second-order valence-corrected chi connectivity index (χ2v) is 6.05. The van der Waals surface area contributed by atoms with Crippen molar-refractivity contribution in [2.75, 3.05) is 0 Å². The lowest BCUT2D eigenvalue weighted by Gasteiger charge is -2.02. The molecule has 0 aliphatic rings. The highest BCUT2D eigenvalue weighted by Gasteiger charge is 2.14. The molecule has 3 heteroatoms. The van der Waals surface area contributed by atoms with Gasteiger partial charge in [0, 0.05) is 22.7 Å². The first kappa shape index (κ1) is 13.0. The van der Waals surface area contributed by atoms with E-state index in [1.165, 1.54) is 5.00 Å². The second-order valence-electron chi connectivity index (χ2n) is 5.12. The van der Waals surface area contributed by atoms with Gasteiger partial charge in [0.05, 0.1) is 16.2 Å². The Hall–Kier alpha value is -2.65. The minimum Gasteiger partial charge on any atom is -0.307 e. The molecule has 0 amide bonds. The monoisotopic (exact) mass is 302 g/mol. The molecule has 2 heterocycles. The van der Waals surface area contributed by atoms with Crippen LogP contribution in [-0.2, 0) is 0 Å². The molecule has 2 aromatic carbocycles. The highest BCUT2D eigenvalue weighted by atomic mass is 32.1. The van der Waals surface area contributed by atoms with E-state index in [0.29, 0.717) is 5.71 Å². The van der Waals surface area contributed by atoms with Crippen LogP contribution in [0.5, 0.6) is 0 Å². The van der Waals surface area contributed by atoms with Gasteiger partial charge < -0.3 is 4.57 Å². The molecule has 106 valence electrons. The first-order chi connectivity index (χ1) is 10.8. The number of nitrogens with one attached hydrogen (secondary N) is 1. The normalized spacial score (nSPS) is 10.9. The van der Waals surface area contributed by atoms with E-state index < -0.39 is 0 Å². The number of fused-ring (bicyclic) bond motifs is 1. The van der Waals surface area contributed by atoms with Gasteiger partial charge in [-0.15, -0.1) is 11.3 Å². The van der Waals surface area contributed by atoms with Crippen molar-refractivity contribution < 1.29 is 0 Å². The van der Waals surface area contributed by atoms with Crippen LogP contribution < -0.4 is 0 Å². The van der Waals surface area contributed by atoms with Crippen molar-refractivity contribution in [3.8, 4) is 5.00 Å². The van der Waals surface area contributed by atoms with Crippen LogP contribution in [0.1, 0.15) is 11.1 Å². The summed E-state index contributed by atoms with van der Waals surface area (Å²) in [5, 5.41) is 12.9. The molecule has 2 aromatic heterocycles. The predicted molar refractivity (Wildman–Crippen MR) is 93.5 cm³/mol. The lowest BCUT2D eigenvalue weighted by atomic mass is 10.0. The Balaban J connectivity index is 1.94. The first-order valence-electron chi connectivity index (χ1n) is 7.13. The van der Waals surface area contributed by atoms with E-state index in [2.05, 4.69) is 40.4 Å². The van der Waals surface area contributed by atoms with Crippen LogP contribution >= 0.6 is 11.3 Å². The smallest absolute Gasteiger partial charge is 0.0994 e. The molecule has 4 aromatic rings. The Kier molecular flexibility index (Phi) is 3.13. The van der Waals surface area contributed by atoms with Gasteiger partial charge in [0.15, 0.2) is 0 Å². The summed E-state index contributed by atoms with van der Waals surface area (Å²) < 4.78 is 2.17. The van der Waals surface area contributed by atoms with E-state index >= 15 is 0 Å². The van der Waals surface area contributed by atoms with Crippen LogP contribution in [0.4, 0.5) is 0 Å². The van der Waals surface area contributed by atoms with Crippen LogP contribution in [0.2, 0.25) is 0 Å². The van der Waals surface area contributed by atoms with Gasteiger partial charge >= 0.3 is 0 Å². The molecule has 0 unspecified atom stereocenters. The zero-order chi connectivity index (χ0) is 14.9. The number of nitrogens with zero attached hydrogens (tertiary/aromatic N) is 1. The van der Waals surface area contributed by atoms with Crippen molar-refractivity contribution in [2.24, 2.45) is 0 Å². The summed E-state index contributed by atoms with van der Waals surface area (Å²) in [5.74, 6) is 0. The highest BCUT2D eigenvalue weighted by molar-refractivity contribution is 7.12. The minimum atomic E-state index is 0.562. The van der Waals surface area contributed by atoms with Crippen molar-refractivity contribution in [2.45, 2.75) is 0 Å². The van der Waals surface area contributed by atoms with Crippen molar-refractivity contribution in [3.05, 3.63) is 89.4 Å². The highest BCUT2D eigenvalue weighted by Crippen LogP contribution is 2.28. The molecule has 2 nitrogen and oxygen atoms in total. The van der Waals surface area contributed by atoms with Crippen LogP contribution in [0.25, 0.3) is 15.9 Å². The van der Waals surface area contributed by atoms with E-state index in [1.54, 1.807) is 11.3 Å². The molecule has 0 aliphatic carbocycles. The summed E-state index contributed by atoms with van der Waals surface area (Å²) >= 11 is 1.70.